The SMILES string of the molecule is CN(CC(C)(C)NCl)C(=O)CCS(=O)(=O)O. The van der Waals surface area contributed by atoms with Gasteiger partial charge >= 0.3 is 0 Å². The summed E-state index contributed by atoms with van der Waals surface area (Å²) in [6, 6.07) is 0. The van der Waals surface area contributed by atoms with E-state index in [0.717, 1.165) is 0 Å². The first-order valence-electron chi connectivity index (χ1n) is 4.64. The van der Waals surface area contributed by atoms with Gasteiger partial charge in [-0.2, -0.15) is 8.42 Å². The average molecular weight is 273 g/mol. The van der Waals surface area contributed by atoms with Crippen molar-refractivity contribution in [1.82, 2.24) is 9.74 Å². The van der Waals surface area contributed by atoms with Crippen LogP contribution in [-0.4, -0.2) is 48.7 Å². The van der Waals surface area contributed by atoms with Crippen molar-refractivity contribution >= 4 is 27.8 Å². The number of carbonyl (C=O) groups is 1. The molecule has 0 bridgehead atoms. The number of likely N-dealkylation sites (N-methyl/N-ethyl adjacent to an activating group) is 1. The summed E-state index contributed by atoms with van der Waals surface area (Å²) in [4.78, 5) is 15.3. The smallest absolute Gasteiger partial charge is 0.265 e. The van der Waals surface area contributed by atoms with Gasteiger partial charge in [0.05, 0.1) is 5.75 Å². The highest BCUT2D eigenvalue weighted by Gasteiger charge is 2.22. The van der Waals surface area contributed by atoms with Crippen molar-refractivity contribution < 1.29 is 17.8 Å². The largest absolute Gasteiger partial charge is 0.344 e. The molecular formula is C8H17ClN2O4S. The van der Waals surface area contributed by atoms with Gasteiger partial charge in [0.2, 0.25) is 5.91 Å². The van der Waals surface area contributed by atoms with Gasteiger partial charge in [-0.1, -0.05) is 0 Å². The molecule has 0 rings (SSSR count). The normalized spacial score (nSPS) is 12.6. The molecular weight excluding hydrogens is 256 g/mol. The van der Waals surface area contributed by atoms with E-state index >= 15 is 0 Å². The second-order valence-electron chi connectivity index (χ2n) is 4.26. The Labute approximate surface area is 101 Å². The molecule has 1 amide bonds. The highest BCUT2D eigenvalue weighted by Crippen LogP contribution is 2.06. The maximum Gasteiger partial charge on any atom is 0.265 e. The van der Waals surface area contributed by atoms with Crippen molar-refractivity contribution in [2.45, 2.75) is 25.8 Å². The molecule has 0 unspecified atom stereocenters. The van der Waals surface area contributed by atoms with Crippen LogP contribution >= 0.6 is 11.8 Å². The van der Waals surface area contributed by atoms with Crippen LogP contribution in [0, 0.1) is 0 Å². The number of halogens is 1. The fourth-order valence-electron chi connectivity index (χ4n) is 1.12. The van der Waals surface area contributed by atoms with Crippen LogP contribution in [-0.2, 0) is 14.9 Å². The van der Waals surface area contributed by atoms with Gasteiger partial charge in [0.1, 0.15) is 0 Å². The number of rotatable bonds is 6. The predicted octanol–water partition coefficient (Wildman–Crippen LogP) is 0.245. The van der Waals surface area contributed by atoms with E-state index < -0.39 is 21.4 Å². The van der Waals surface area contributed by atoms with Crippen LogP contribution in [0.25, 0.3) is 0 Å². The minimum Gasteiger partial charge on any atom is -0.344 e. The first kappa shape index (κ1) is 15.6. The molecule has 0 spiro atoms. The monoisotopic (exact) mass is 272 g/mol. The Morgan fingerprint density at radius 3 is 2.38 bits per heavy atom. The Kier molecular flexibility index (Phi) is 5.67. The van der Waals surface area contributed by atoms with E-state index in [1.54, 1.807) is 20.9 Å². The van der Waals surface area contributed by atoms with Crippen molar-refractivity contribution in [3.63, 3.8) is 0 Å². The van der Waals surface area contributed by atoms with E-state index in [0.29, 0.717) is 6.54 Å². The average Bonchev–Trinajstić information content (AvgIpc) is 2.12. The van der Waals surface area contributed by atoms with Crippen LogP contribution in [0.15, 0.2) is 0 Å². The molecule has 0 heterocycles. The van der Waals surface area contributed by atoms with Gasteiger partial charge in [-0.05, 0) is 25.6 Å². The van der Waals surface area contributed by atoms with Crippen LogP contribution in [0.4, 0.5) is 0 Å². The Morgan fingerprint density at radius 2 is 2.00 bits per heavy atom. The standard InChI is InChI=1S/C8H17ClN2O4S/c1-8(2,10-9)6-11(3)7(12)4-5-16(13,14)15/h10H,4-6H2,1-3H3,(H,13,14,15). The topological polar surface area (TPSA) is 86.7 Å². The summed E-state index contributed by atoms with van der Waals surface area (Å²) in [7, 11) is -2.55. The zero-order chi connectivity index (χ0) is 13.0. The summed E-state index contributed by atoms with van der Waals surface area (Å²) in [6.45, 7) is 3.93. The Hall–Kier alpha value is -0.370. The molecule has 0 aliphatic carbocycles. The maximum atomic E-state index is 11.5. The fourth-order valence-corrected chi connectivity index (χ4v) is 1.61. The quantitative estimate of drug-likeness (QED) is 0.534. The molecule has 0 aromatic heterocycles. The molecule has 0 saturated heterocycles. The second-order valence-corrected chi connectivity index (χ2v) is 6.03. The lowest BCUT2D eigenvalue weighted by Crippen LogP contribution is -2.46. The molecule has 8 heteroatoms. The van der Waals surface area contributed by atoms with E-state index in [1.165, 1.54) is 4.90 Å². The molecule has 0 fully saturated rings. The Bertz CT molecular complexity index is 342. The third-order valence-electron chi connectivity index (χ3n) is 1.89. The molecule has 96 valence electrons. The van der Waals surface area contributed by atoms with E-state index in [-0.39, 0.29) is 12.3 Å². The van der Waals surface area contributed by atoms with Gasteiger partial charge in [0.15, 0.2) is 0 Å². The minimum atomic E-state index is -4.09. The summed E-state index contributed by atoms with van der Waals surface area (Å²) < 4.78 is 29.4. The molecule has 0 aromatic rings. The molecule has 2 N–H and O–H groups in total. The van der Waals surface area contributed by atoms with Gasteiger partial charge in [-0.15, -0.1) is 0 Å². The summed E-state index contributed by atoms with van der Waals surface area (Å²) in [5, 5.41) is 0. The first-order chi connectivity index (χ1) is 7.07. The minimum absolute atomic E-state index is 0.242. The van der Waals surface area contributed by atoms with Crippen LogP contribution in [0.5, 0.6) is 0 Å². The van der Waals surface area contributed by atoms with Crippen molar-refractivity contribution in [3.05, 3.63) is 0 Å². The predicted molar refractivity (Wildman–Crippen MR) is 61.7 cm³/mol. The Morgan fingerprint density at radius 1 is 1.50 bits per heavy atom. The van der Waals surface area contributed by atoms with E-state index in [2.05, 4.69) is 4.84 Å². The van der Waals surface area contributed by atoms with Crippen molar-refractivity contribution in [2.75, 3.05) is 19.3 Å². The van der Waals surface area contributed by atoms with E-state index in [9.17, 15) is 13.2 Å². The maximum absolute atomic E-state index is 11.5. The highest BCUT2D eigenvalue weighted by molar-refractivity contribution is 7.85. The lowest BCUT2D eigenvalue weighted by Gasteiger charge is -2.28. The molecule has 0 saturated carbocycles. The molecule has 0 aliphatic heterocycles. The van der Waals surface area contributed by atoms with E-state index in [1.807, 2.05) is 0 Å². The fraction of sp³-hybridized carbons (Fsp3) is 0.875. The molecule has 16 heavy (non-hydrogen) atoms. The van der Waals surface area contributed by atoms with Crippen LogP contribution in [0.3, 0.4) is 0 Å². The van der Waals surface area contributed by atoms with Gasteiger partial charge in [-0.3, -0.25) is 9.35 Å². The van der Waals surface area contributed by atoms with Crippen molar-refractivity contribution in [2.24, 2.45) is 0 Å². The second kappa shape index (κ2) is 5.81. The molecule has 0 atom stereocenters. The molecule has 0 aliphatic rings. The number of nitrogens with one attached hydrogen (secondary N) is 1. The number of carbonyl (C=O) groups excluding carboxylic acids is 1. The number of nitrogens with zero attached hydrogens (tertiary/aromatic N) is 1. The van der Waals surface area contributed by atoms with E-state index in [4.69, 9.17) is 16.3 Å². The first-order valence-corrected chi connectivity index (χ1v) is 6.63. The molecule has 0 aromatic carbocycles. The van der Waals surface area contributed by atoms with Gasteiger partial charge < -0.3 is 4.90 Å². The number of hydrogen-bond donors (Lipinski definition) is 2. The lowest BCUT2D eigenvalue weighted by atomic mass is 10.1. The number of hydrogen-bond acceptors (Lipinski definition) is 4. The third kappa shape index (κ3) is 7.00. The Balaban J connectivity index is 4.20. The summed E-state index contributed by atoms with van der Waals surface area (Å²) >= 11 is 5.47. The molecule has 0 radical (unpaired) electrons. The van der Waals surface area contributed by atoms with Gasteiger partial charge in [-0.25, -0.2) is 4.84 Å². The van der Waals surface area contributed by atoms with Crippen LogP contribution in [0.1, 0.15) is 20.3 Å². The number of amides is 1. The zero-order valence-corrected chi connectivity index (χ0v) is 11.1. The van der Waals surface area contributed by atoms with Crippen molar-refractivity contribution in [1.29, 1.82) is 0 Å². The van der Waals surface area contributed by atoms with Crippen molar-refractivity contribution in [3.8, 4) is 0 Å². The highest BCUT2D eigenvalue weighted by atomic mass is 35.5. The summed E-state index contributed by atoms with van der Waals surface area (Å²) in [5.41, 5.74) is -0.468. The van der Waals surface area contributed by atoms with Crippen LogP contribution < -0.4 is 4.84 Å². The van der Waals surface area contributed by atoms with Crippen LogP contribution in [0.2, 0.25) is 0 Å². The summed E-state index contributed by atoms with van der Waals surface area (Å²) in [5.74, 6) is -0.928. The third-order valence-corrected chi connectivity index (χ3v) is 3.12. The lowest BCUT2D eigenvalue weighted by molar-refractivity contribution is -0.130. The van der Waals surface area contributed by atoms with Gasteiger partial charge in [0.25, 0.3) is 10.1 Å². The zero-order valence-electron chi connectivity index (χ0n) is 9.53. The molecule has 6 nitrogen and oxygen atoms in total. The summed E-state index contributed by atoms with van der Waals surface area (Å²) in [6.07, 6.45) is -0.242. The van der Waals surface area contributed by atoms with Gasteiger partial charge in [0, 0.05) is 25.6 Å².